The number of benzene rings is 2. The van der Waals surface area contributed by atoms with Gasteiger partial charge < -0.3 is 0 Å². The average Bonchev–Trinajstić information content (AvgIpc) is 2.46. The van der Waals surface area contributed by atoms with Crippen molar-refractivity contribution in [3.05, 3.63) is 60.2 Å². The Kier molecular flexibility index (Phi) is 5.04. The minimum atomic E-state index is -3.57. The molecule has 0 fully saturated rings. The first-order chi connectivity index (χ1) is 10.3. The summed E-state index contributed by atoms with van der Waals surface area (Å²) in [6, 6.07) is 17.4. The third kappa shape index (κ3) is 5.28. The molecule has 2 rings (SSSR count). The molecule has 0 unspecified atom stereocenters. The van der Waals surface area contributed by atoms with Crippen molar-refractivity contribution in [3.63, 3.8) is 0 Å². The van der Waals surface area contributed by atoms with Gasteiger partial charge in [-0.2, -0.15) is 8.42 Å². The fourth-order valence-electron chi connectivity index (χ4n) is 1.98. The summed E-state index contributed by atoms with van der Waals surface area (Å²) >= 11 is 0. The Morgan fingerprint density at radius 2 is 1.55 bits per heavy atom. The van der Waals surface area contributed by atoms with Gasteiger partial charge in [-0.1, -0.05) is 75.4 Å². The van der Waals surface area contributed by atoms with E-state index in [9.17, 15) is 8.42 Å². The van der Waals surface area contributed by atoms with Gasteiger partial charge >= 0.3 is 0 Å². The minimum Gasteiger partial charge on any atom is -0.269 e. The van der Waals surface area contributed by atoms with Crippen LogP contribution in [-0.4, -0.2) is 15.0 Å². The summed E-state index contributed by atoms with van der Waals surface area (Å²) in [5, 5.41) is 0. The maximum Gasteiger partial charge on any atom is 0.271 e. The van der Waals surface area contributed by atoms with Gasteiger partial charge in [-0.25, -0.2) is 0 Å². The zero-order chi connectivity index (χ0) is 16.2. The van der Waals surface area contributed by atoms with Crippen molar-refractivity contribution < 1.29 is 12.6 Å². The molecule has 0 aliphatic rings. The summed E-state index contributed by atoms with van der Waals surface area (Å²) in [5.74, 6) is -0.107. The lowest BCUT2D eigenvalue weighted by Crippen LogP contribution is -2.19. The fourth-order valence-corrected chi connectivity index (χ4v) is 3.19. The van der Waals surface area contributed by atoms with Gasteiger partial charge in [0.2, 0.25) is 0 Å². The SMILES string of the molecule is CC(C)(C)COS(=O)(=O)Cc1cccc(-c2ccccc2)c1. The lowest BCUT2D eigenvalue weighted by atomic mass is 9.99. The summed E-state index contributed by atoms with van der Waals surface area (Å²) in [6.45, 7) is 6.02. The van der Waals surface area contributed by atoms with Crippen LogP contribution >= 0.6 is 0 Å². The number of hydrogen-bond acceptors (Lipinski definition) is 3. The van der Waals surface area contributed by atoms with E-state index in [4.69, 9.17) is 4.18 Å². The first-order valence-electron chi connectivity index (χ1n) is 7.27. The van der Waals surface area contributed by atoms with E-state index < -0.39 is 10.1 Å². The molecule has 0 spiro atoms. The van der Waals surface area contributed by atoms with Crippen LogP contribution in [0.3, 0.4) is 0 Å². The Labute approximate surface area is 133 Å². The normalized spacial score (nSPS) is 12.3. The fraction of sp³-hybridized carbons (Fsp3) is 0.333. The summed E-state index contributed by atoms with van der Waals surface area (Å²) in [4.78, 5) is 0. The van der Waals surface area contributed by atoms with Gasteiger partial charge in [0.15, 0.2) is 0 Å². The van der Waals surface area contributed by atoms with Crippen molar-refractivity contribution in [2.75, 3.05) is 6.61 Å². The van der Waals surface area contributed by atoms with E-state index in [-0.39, 0.29) is 17.8 Å². The molecular formula is C18H22O3S. The molecule has 0 saturated heterocycles. The second kappa shape index (κ2) is 6.63. The second-order valence-corrected chi connectivity index (χ2v) is 8.23. The smallest absolute Gasteiger partial charge is 0.269 e. The van der Waals surface area contributed by atoms with E-state index >= 15 is 0 Å². The molecule has 0 radical (unpaired) electrons. The molecule has 2 aromatic carbocycles. The molecule has 22 heavy (non-hydrogen) atoms. The van der Waals surface area contributed by atoms with Crippen molar-refractivity contribution in [1.29, 1.82) is 0 Å². The second-order valence-electron chi connectivity index (χ2n) is 6.59. The standard InChI is InChI=1S/C18H22O3S/c1-18(2,3)14-21-22(19,20)13-15-8-7-11-17(12-15)16-9-5-4-6-10-16/h4-12H,13-14H2,1-3H3. The summed E-state index contributed by atoms with van der Waals surface area (Å²) in [6.07, 6.45) is 0. The highest BCUT2D eigenvalue weighted by Gasteiger charge is 2.18. The molecule has 0 aromatic heterocycles. The van der Waals surface area contributed by atoms with E-state index in [1.54, 1.807) is 0 Å². The van der Waals surface area contributed by atoms with Crippen LogP contribution in [-0.2, 0) is 20.1 Å². The molecule has 0 atom stereocenters. The molecule has 0 amide bonds. The highest BCUT2D eigenvalue weighted by molar-refractivity contribution is 7.85. The average molecular weight is 318 g/mol. The highest BCUT2D eigenvalue weighted by Crippen LogP contribution is 2.22. The van der Waals surface area contributed by atoms with Crippen molar-refractivity contribution >= 4 is 10.1 Å². The summed E-state index contributed by atoms with van der Waals surface area (Å²) in [7, 11) is -3.57. The third-order valence-electron chi connectivity index (χ3n) is 3.05. The van der Waals surface area contributed by atoms with Gasteiger partial charge in [0.1, 0.15) is 5.75 Å². The van der Waals surface area contributed by atoms with Gasteiger partial charge in [0.05, 0.1) is 6.61 Å². The van der Waals surface area contributed by atoms with Crippen molar-refractivity contribution in [1.82, 2.24) is 0 Å². The zero-order valence-electron chi connectivity index (χ0n) is 13.2. The Balaban J connectivity index is 2.14. The molecule has 0 aliphatic carbocycles. The van der Waals surface area contributed by atoms with Crippen LogP contribution in [0.25, 0.3) is 11.1 Å². The Hall–Kier alpha value is -1.65. The molecule has 0 saturated carbocycles. The number of rotatable bonds is 5. The number of hydrogen-bond donors (Lipinski definition) is 0. The molecule has 0 aliphatic heterocycles. The summed E-state index contributed by atoms with van der Waals surface area (Å²) in [5.41, 5.74) is 2.62. The predicted molar refractivity (Wildman–Crippen MR) is 89.9 cm³/mol. The Bertz CT molecular complexity index is 713. The zero-order valence-corrected chi connectivity index (χ0v) is 14.1. The topological polar surface area (TPSA) is 43.4 Å². The van der Waals surface area contributed by atoms with Gasteiger partial charge in [-0.3, -0.25) is 4.18 Å². The maximum atomic E-state index is 12.1. The van der Waals surface area contributed by atoms with Gasteiger partial charge in [0.25, 0.3) is 10.1 Å². The van der Waals surface area contributed by atoms with E-state index in [1.807, 2.05) is 75.4 Å². The van der Waals surface area contributed by atoms with Crippen LogP contribution in [0.5, 0.6) is 0 Å². The molecule has 0 heterocycles. The van der Waals surface area contributed by atoms with E-state index in [0.29, 0.717) is 0 Å². The molecule has 4 heteroatoms. The monoisotopic (exact) mass is 318 g/mol. The van der Waals surface area contributed by atoms with Gasteiger partial charge in [-0.05, 0) is 22.1 Å². The predicted octanol–water partition coefficient (Wildman–Crippen LogP) is 4.25. The van der Waals surface area contributed by atoms with Gasteiger partial charge in [-0.15, -0.1) is 0 Å². The van der Waals surface area contributed by atoms with Crippen molar-refractivity contribution in [2.45, 2.75) is 26.5 Å². The molecule has 2 aromatic rings. The first-order valence-corrected chi connectivity index (χ1v) is 8.84. The minimum absolute atomic E-state index is 0.107. The molecular weight excluding hydrogens is 296 g/mol. The largest absolute Gasteiger partial charge is 0.271 e. The first kappa shape index (κ1) is 16.7. The molecule has 0 bridgehead atoms. The van der Waals surface area contributed by atoms with E-state index in [2.05, 4.69) is 0 Å². The van der Waals surface area contributed by atoms with Crippen molar-refractivity contribution in [2.24, 2.45) is 5.41 Å². The lowest BCUT2D eigenvalue weighted by molar-refractivity contribution is 0.203. The maximum absolute atomic E-state index is 12.1. The van der Waals surface area contributed by atoms with Crippen LogP contribution in [0.2, 0.25) is 0 Å². The van der Waals surface area contributed by atoms with Crippen LogP contribution < -0.4 is 0 Å². The lowest BCUT2D eigenvalue weighted by Gasteiger charge is -2.17. The molecule has 0 N–H and O–H groups in total. The van der Waals surface area contributed by atoms with Gasteiger partial charge in [0, 0.05) is 0 Å². The Morgan fingerprint density at radius 1 is 0.909 bits per heavy atom. The van der Waals surface area contributed by atoms with Crippen LogP contribution in [0.1, 0.15) is 26.3 Å². The third-order valence-corrected chi connectivity index (χ3v) is 4.21. The van der Waals surface area contributed by atoms with Crippen LogP contribution in [0, 0.1) is 5.41 Å². The van der Waals surface area contributed by atoms with E-state index in [1.165, 1.54) is 0 Å². The quantitative estimate of drug-likeness (QED) is 0.774. The molecule has 118 valence electrons. The summed E-state index contributed by atoms with van der Waals surface area (Å²) < 4.78 is 29.3. The molecule has 3 nitrogen and oxygen atoms in total. The van der Waals surface area contributed by atoms with Crippen molar-refractivity contribution in [3.8, 4) is 11.1 Å². The highest BCUT2D eigenvalue weighted by atomic mass is 32.2. The van der Waals surface area contributed by atoms with Crippen LogP contribution in [0.4, 0.5) is 0 Å². The van der Waals surface area contributed by atoms with E-state index in [0.717, 1.165) is 16.7 Å². The Morgan fingerprint density at radius 3 is 2.18 bits per heavy atom. The van der Waals surface area contributed by atoms with Crippen LogP contribution in [0.15, 0.2) is 54.6 Å².